The minimum absolute atomic E-state index is 0. The van der Waals surface area contributed by atoms with Gasteiger partial charge in [0, 0.05) is 59.3 Å². The van der Waals surface area contributed by atoms with Crippen LogP contribution in [0.1, 0.15) is 159 Å². The van der Waals surface area contributed by atoms with Crippen molar-refractivity contribution in [3.8, 4) is 51.0 Å². The molecule has 0 aliphatic carbocycles. The summed E-state index contributed by atoms with van der Waals surface area (Å²) in [7, 11) is 0. The number of phenols is 1. The van der Waals surface area contributed by atoms with Crippen molar-refractivity contribution >= 4 is 60.2 Å². The van der Waals surface area contributed by atoms with Gasteiger partial charge in [-0.3, -0.25) is 9.55 Å². The molecule has 0 amide bonds. The Morgan fingerprint density at radius 2 is 1.04 bits per heavy atom. The summed E-state index contributed by atoms with van der Waals surface area (Å²) in [5.41, 5.74) is 14.8. The van der Waals surface area contributed by atoms with Crippen molar-refractivity contribution in [2.45, 2.75) is 131 Å². The smallest absolute Gasteiger partial charge is 0.148 e. The van der Waals surface area contributed by atoms with E-state index in [4.69, 9.17) is 9.97 Å². The maximum absolute atomic E-state index is 12.7. The Hall–Kier alpha value is -7.01. The Labute approximate surface area is 474 Å². The predicted octanol–water partition coefficient (Wildman–Crippen LogP) is 19.1. The Bertz CT molecular complexity index is 4440. The van der Waals surface area contributed by atoms with Gasteiger partial charge < -0.3 is 14.1 Å². The van der Waals surface area contributed by atoms with Crippen molar-refractivity contribution in [1.29, 1.82) is 0 Å². The monoisotopic (exact) mass is 1200 g/mol. The van der Waals surface area contributed by atoms with Gasteiger partial charge in [0.2, 0.25) is 0 Å². The largest absolute Gasteiger partial charge is 0.507 e. The number of imidazole rings is 2. The molecule has 4 heterocycles. The molecule has 0 fully saturated rings. The van der Waals surface area contributed by atoms with E-state index in [1.165, 1.54) is 10.8 Å². The summed E-state index contributed by atoms with van der Waals surface area (Å²) in [6.07, 6.45) is 0. The summed E-state index contributed by atoms with van der Waals surface area (Å²) in [6.45, 7) is 28.1. The fourth-order valence-corrected chi connectivity index (χ4v) is 11.9. The zero-order chi connectivity index (χ0) is 57.1. The molecule has 0 aliphatic heterocycles. The van der Waals surface area contributed by atoms with Crippen LogP contribution in [-0.4, -0.2) is 28.6 Å². The fraction of sp³-hybridized carbons (Fsp3) is 0.286. The molecule has 4 aromatic heterocycles. The molecule has 8 aromatic carbocycles. The Morgan fingerprint density at radius 3 is 1.66 bits per heavy atom. The van der Waals surface area contributed by atoms with Gasteiger partial charge in [0.05, 0.1) is 55.7 Å². The summed E-state index contributed by atoms with van der Waals surface area (Å²) in [4.78, 5) is 11.3. The van der Waals surface area contributed by atoms with Crippen LogP contribution in [0, 0.1) is 6.07 Å². The third-order valence-electron chi connectivity index (χ3n) is 15.7. The quantitative estimate of drug-likeness (QED) is 0.147. The van der Waals surface area contributed by atoms with Crippen LogP contribution in [0.25, 0.3) is 105 Å². The van der Waals surface area contributed by atoms with Crippen LogP contribution in [0.15, 0.2) is 140 Å². The third-order valence-corrected chi connectivity index (χ3v) is 15.7. The van der Waals surface area contributed by atoms with E-state index in [1.54, 1.807) is 0 Å². The molecule has 0 unspecified atom stereocenters. The van der Waals surface area contributed by atoms with Gasteiger partial charge in [-0.1, -0.05) is 199 Å². The minimum Gasteiger partial charge on any atom is -0.507 e. The topological polar surface area (TPSA) is 60.3 Å². The van der Waals surface area contributed by atoms with Crippen LogP contribution in [-0.2, 0) is 31.9 Å². The van der Waals surface area contributed by atoms with Crippen molar-refractivity contribution in [1.82, 2.24) is 23.5 Å². The fourth-order valence-electron chi connectivity index (χ4n) is 11.9. The zero-order valence-electron chi connectivity index (χ0n) is 50.8. The third kappa shape index (κ3) is 8.14. The van der Waals surface area contributed by atoms with Crippen LogP contribution in [0.3, 0.4) is 0 Å². The average molecular weight is 1200 g/mol. The van der Waals surface area contributed by atoms with Crippen LogP contribution < -0.4 is 0 Å². The first-order valence-electron chi connectivity index (χ1n) is 28.7. The number of hydrogen-bond donors (Lipinski definition) is 1. The maximum atomic E-state index is 12.7. The number of hydrogen-bond acceptors (Lipinski definition) is 3. The van der Waals surface area contributed by atoms with Crippen molar-refractivity contribution in [3.63, 3.8) is 0 Å². The van der Waals surface area contributed by atoms with E-state index in [-0.39, 0.29) is 32.2 Å². The molecule has 77 heavy (non-hydrogen) atoms. The normalized spacial score (nSPS) is 14.0. The maximum Gasteiger partial charge on any atom is 0.148 e. The molecular weight excluding hydrogens is 1120 g/mol. The number of benzene rings is 8. The molecule has 0 atom stereocenters. The Balaban J connectivity index is 0.00000690. The van der Waals surface area contributed by atoms with Crippen molar-refractivity contribution < 1.29 is 31.7 Å². The molecule has 0 spiro atoms. The van der Waals surface area contributed by atoms with Crippen LogP contribution in [0.4, 0.5) is 0 Å². The molecule has 12 aromatic rings. The van der Waals surface area contributed by atoms with Gasteiger partial charge in [0.1, 0.15) is 11.6 Å². The second kappa shape index (κ2) is 18.9. The zero-order valence-corrected chi connectivity index (χ0v) is 49.1. The number of fused-ring (bicyclic) bond motifs is 9. The first kappa shape index (κ1) is 47.2. The number of aromatic hydroxyl groups is 1. The van der Waals surface area contributed by atoms with E-state index in [2.05, 4.69) is 140 Å². The van der Waals surface area contributed by atoms with Crippen molar-refractivity contribution in [3.05, 3.63) is 179 Å². The molecule has 7 heteroatoms. The van der Waals surface area contributed by atoms with Crippen LogP contribution in [0.2, 0.25) is 0 Å². The van der Waals surface area contributed by atoms with E-state index in [1.807, 2.05) is 116 Å². The number of phenolic OH excluding ortho intramolecular Hbond substituents is 1. The second-order valence-electron chi connectivity index (χ2n) is 23.9. The van der Waals surface area contributed by atoms with Gasteiger partial charge in [0.25, 0.3) is 0 Å². The number of rotatable bonds is 9. The summed E-state index contributed by atoms with van der Waals surface area (Å²) in [5.74, 6) is -3.05. The second-order valence-corrected chi connectivity index (χ2v) is 23.9. The van der Waals surface area contributed by atoms with Crippen molar-refractivity contribution in [2.24, 2.45) is 0 Å². The molecule has 12 rings (SSSR count). The molecule has 0 radical (unpaired) electrons. The van der Waals surface area contributed by atoms with Gasteiger partial charge >= 0.3 is 0 Å². The number of aromatic nitrogens is 5. The molecular formula is C70H70N5OPt-. The first-order chi connectivity index (χ1) is 37.4. The Morgan fingerprint density at radius 1 is 0.494 bits per heavy atom. The SMILES string of the molecule is [2H]C(C)(C)c1cccc(C([2H])(C)C)c1-n1c(-c2cc(C(C)(C)C)cc(C(C)(C)C)c2O)nc2c(-c3[c-]c(-c4nc5ccc6c(c7cccc8c9ccccc9n6c87)c5n4-c4c(C([2H])(C)C)cccc4C([2H])(C)C)ccc3)cccc21.[Pt]. The van der Waals surface area contributed by atoms with E-state index in [9.17, 15) is 10.6 Å². The average Bonchev–Trinajstić information content (AvgIpc) is 4.36. The molecule has 1 N–H and O–H groups in total. The van der Waals surface area contributed by atoms with Crippen molar-refractivity contribution in [2.75, 3.05) is 0 Å². The summed E-state index contributed by atoms with van der Waals surface area (Å²) in [5, 5.41) is 17.2. The van der Waals surface area contributed by atoms with E-state index >= 15 is 0 Å². The summed E-state index contributed by atoms with van der Waals surface area (Å²) in [6, 6.07) is 51.7. The number of para-hydroxylation sites is 5. The first-order valence-corrected chi connectivity index (χ1v) is 26.7. The Kier molecular flexibility index (Phi) is 11.6. The van der Waals surface area contributed by atoms with E-state index in [0.29, 0.717) is 34.0 Å². The molecule has 0 aliphatic rings. The molecule has 0 bridgehead atoms. The predicted molar refractivity (Wildman–Crippen MR) is 321 cm³/mol. The molecule has 0 saturated carbocycles. The molecule has 6 nitrogen and oxygen atoms in total. The summed E-state index contributed by atoms with van der Waals surface area (Å²) < 4.78 is 45.4. The number of nitrogens with zero attached hydrogens (tertiary/aromatic N) is 5. The minimum atomic E-state index is -1.09. The van der Waals surface area contributed by atoms with Crippen LogP contribution in [0.5, 0.6) is 5.75 Å². The van der Waals surface area contributed by atoms with Gasteiger partial charge in [0.15, 0.2) is 0 Å². The van der Waals surface area contributed by atoms with E-state index in [0.717, 1.165) is 94.1 Å². The summed E-state index contributed by atoms with van der Waals surface area (Å²) >= 11 is 0. The van der Waals surface area contributed by atoms with Gasteiger partial charge in [-0.2, -0.15) is 0 Å². The van der Waals surface area contributed by atoms with Crippen LogP contribution >= 0.6 is 0 Å². The molecule has 392 valence electrons. The standard InChI is InChI=1S/C70H70N5O.Pt/c1-39(2)46-25-18-26-47(40(3)4)62(46)74-59-33-21-29-50(61(59)72-68(74)54-37-45(69(9,10)11)38-55(66(54)76)70(12,13)14)43-22-17-23-44(36-43)67-71-56-34-35-58-60(53-31-20-30-52-51-24-15-16-32-57(51)73(58)64(52)53)65(56)75(67)63-48(41(5)6)27-19-28-49(63)42(7)8;/h15-35,37-42,76H,1-14H3;/q-1;/i39D,40D,41D,42D;. The van der Waals surface area contributed by atoms with Gasteiger partial charge in [-0.15, -0.1) is 29.8 Å². The van der Waals surface area contributed by atoms with Gasteiger partial charge in [-0.05, 0) is 92.6 Å². The van der Waals surface area contributed by atoms with E-state index < -0.39 is 29.0 Å². The molecule has 0 saturated heterocycles. The van der Waals surface area contributed by atoms with Gasteiger partial charge in [-0.25, -0.2) is 4.98 Å².